The van der Waals surface area contributed by atoms with Gasteiger partial charge in [-0.25, -0.2) is 4.79 Å². The monoisotopic (exact) mass is 316 g/mol. The van der Waals surface area contributed by atoms with Crippen molar-refractivity contribution in [3.8, 4) is 0 Å². The summed E-state index contributed by atoms with van der Waals surface area (Å²) in [6.45, 7) is 2.59. The highest BCUT2D eigenvalue weighted by molar-refractivity contribution is 7.86. The highest BCUT2D eigenvalue weighted by Gasteiger charge is 2.27. The second-order valence-corrected chi connectivity index (χ2v) is 7.22. The number of carbonyl (C=O) groups is 2. The van der Waals surface area contributed by atoms with Gasteiger partial charge in [0.1, 0.15) is 6.04 Å². The number of unbranched alkanes of at least 4 members (excludes halogenated alkanes) is 6. The molecule has 2 atom stereocenters. The van der Waals surface area contributed by atoms with Crippen molar-refractivity contribution in [2.24, 2.45) is 0 Å². The third kappa shape index (κ3) is 8.19. The Morgan fingerprint density at radius 3 is 2.57 bits per heavy atom. The maximum absolute atomic E-state index is 11.7. The predicted molar refractivity (Wildman–Crippen MR) is 85.3 cm³/mol. The summed E-state index contributed by atoms with van der Waals surface area (Å²) >= 11 is 0. The molecule has 0 aromatic heterocycles. The van der Waals surface area contributed by atoms with Gasteiger partial charge in [0.05, 0.1) is 12.4 Å². The zero-order valence-electron chi connectivity index (χ0n) is 13.0. The number of esters is 1. The van der Waals surface area contributed by atoms with Gasteiger partial charge in [0.15, 0.2) is 0 Å². The third-order valence-corrected chi connectivity index (χ3v) is 4.96. The molecule has 122 valence electrons. The van der Waals surface area contributed by atoms with Crippen molar-refractivity contribution in [3.63, 3.8) is 0 Å². The van der Waals surface area contributed by atoms with Gasteiger partial charge < -0.3 is 10.1 Å². The highest BCUT2D eigenvalue weighted by Crippen LogP contribution is 2.08. The van der Waals surface area contributed by atoms with E-state index in [9.17, 15) is 9.59 Å². The minimum absolute atomic E-state index is 0.194. The first-order valence-electron chi connectivity index (χ1n) is 7.98. The number of hydrogen-bond donors (Lipinski definition) is 2. The van der Waals surface area contributed by atoms with Crippen LogP contribution in [0.15, 0.2) is 0 Å². The standard InChI is InChI=1S/C15H28N2O3S/c1-2-3-4-5-6-7-8-11-21(16)12-14(18)17-13-9-10-20-15(13)19/h13,16H,2-12H2,1H3,(H,17,18). The molecule has 0 bridgehead atoms. The molecule has 1 heterocycles. The number of nitrogens with one attached hydrogen (secondary N) is 2. The van der Waals surface area contributed by atoms with Gasteiger partial charge in [-0.15, -0.1) is 0 Å². The summed E-state index contributed by atoms with van der Waals surface area (Å²) in [6.07, 6.45) is 9.13. The predicted octanol–water partition coefficient (Wildman–Crippen LogP) is 2.55. The molecule has 0 radical (unpaired) electrons. The van der Waals surface area contributed by atoms with Crippen LogP contribution in [0.25, 0.3) is 0 Å². The van der Waals surface area contributed by atoms with Crippen LogP contribution in [0.5, 0.6) is 0 Å². The van der Waals surface area contributed by atoms with Gasteiger partial charge in [-0.2, -0.15) is 0 Å². The maximum Gasteiger partial charge on any atom is 0.328 e. The Balaban J connectivity index is 2.02. The minimum atomic E-state index is -0.634. The molecule has 0 aliphatic carbocycles. The maximum atomic E-state index is 11.7. The lowest BCUT2D eigenvalue weighted by Crippen LogP contribution is -2.40. The van der Waals surface area contributed by atoms with Gasteiger partial charge in [0.2, 0.25) is 5.91 Å². The van der Waals surface area contributed by atoms with Crippen LogP contribution in [0, 0.1) is 4.78 Å². The largest absolute Gasteiger partial charge is 0.464 e. The van der Waals surface area contributed by atoms with Crippen molar-refractivity contribution in [1.29, 1.82) is 4.78 Å². The van der Waals surface area contributed by atoms with E-state index >= 15 is 0 Å². The summed E-state index contributed by atoms with van der Waals surface area (Å²) in [5.74, 6) is 0.455. The van der Waals surface area contributed by atoms with Crippen molar-refractivity contribution in [3.05, 3.63) is 0 Å². The number of hydrogen-bond acceptors (Lipinski definition) is 4. The highest BCUT2D eigenvalue weighted by atomic mass is 32.2. The second kappa shape index (κ2) is 10.8. The van der Waals surface area contributed by atoms with Crippen LogP contribution in [0.3, 0.4) is 0 Å². The first-order valence-corrected chi connectivity index (χ1v) is 9.54. The fourth-order valence-corrected chi connectivity index (χ4v) is 3.42. The lowest BCUT2D eigenvalue weighted by molar-refractivity contribution is -0.141. The van der Waals surface area contributed by atoms with E-state index in [2.05, 4.69) is 12.2 Å². The molecule has 0 saturated carbocycles. The molecule has 1 amide bonds. The molecule has 1 aliphatic heterocycles. The van der Waals surface area contributed by atoms with Gasteiger partial charge in [0, 0.05) is 12.2 Å². The van der Waals surface area contributed by atoms with Gasteiger partial charge in [-0.1, -0.05) is 56.1 Å². The first kappa shape index (κ1) is 18.1. The van der Waals surface area contributed by atoms with Crippen molar-refractivity contribution >= 4 is 22.6 Å². The summed E-state index contributed by atoms with van der Waals surface area (Å²) in [5, 5.41) is 2.66. The molecular weight excluding hydrogens is 288 g/mol. The van der Waals surface area contributed by atoms with Crippen molar-refractivity contribution < 1.29 is 14.3 Å². The lowest BCUT2D eigenvalue weighted by Gasteiger charge is -2.10. The van der Waals surface area contributed by atoms with Gasteiger partial charge in [-0.3, -0.25) is 9.57 Å². The Bertz CT molecular complexity index is 361. The van der Waals surface area contributed by atoms with Gasteiger partial charge in [-0.05, 0) is 6.42 Å². The van der Waals surface area contributed by atoms with Crippen LogP contribution in [0.2, 0.25) is 0 Å². The molecule has 6 heteroatoms. The van der Waals surface area contributed by atoms with E-state index in [4.69, 9.17) is 9.52 Å². The SMILES string of the molecule is CCCCCCCCCS(=N)CC(=O)NC1CCOC1=O. The Labute approximate surface area is 130 Å². The van der Waals surface area contributed by atoms with E-state index in [1.54, 1.807) is 0 Å². The van der Waals surface area contributed by atoms with Crippen LogP contribution in [-0.4, -0.2) is 36.0 Å². The molecule has 5 nitrogen and oxygen atoms in total. The van der Waals surface area contributed by atoms with E-state index in [0.29, 0.717) is 13.0 Å². The average Bonchev–Trinajstić information content (AvgIpc) is 2.83. The Kier molecular flexibility index (Phi) is 9.30. The Morgan fingerprint density at radius 2 is 1.95 bits per heavy atom. The van der Waals surface area contributed by atoms with Crippen molar-refractivity contribution in [2.45, 2.75) is 64.3 Å². The zero-order chi connectivity index (χ0) is 15.5. The minimum Gasteiger partial charge on any atom is -0.464 e. The van der Waals surface area contributed by atoms with E-state index in [1.807, 2.05) is 0 Å². The van der Waals surface area contributed by atoms with Crippen molar-refractivity contribution in [1.82, 2.24) is 5.32 Å². The molecule has 1 rings (SSSR count). The number of ether oxygens (including phenoxy) is 1. The summed E-state index contributed by atoms with van der Waals surface area (Å²) < 4.78 is 12.7. The molecular formula is C15H28N2O3S. The summed E-state index contributed by atoms with van der Waals surface area (Å²) in [6, 6.07) is -0.493. The van der Waals surface area contributed by atoms with Crippen LogP contribution in [-0.2, 0) is 25.0 Å². The topological polar surface area (TPSA) is 79.2 Å². The summed E-state index contributed by atoms with van der Waals surface area (Å²) in [5.41, 5.74) is 0. The quantitative estimate of drug-likeness (QED) is 0.454. The van der Waals surface area contributed by atoms with Crippen LogP contribution in [0.1, 0.15) is 58.3 Å². The molecule has 1 aliphatic rings. The lowest BCUT2D eigenvalue weighted by atomic mass is 10.1. The number of amides is 1. The normalized spacial score (nSPS) is 19.3. The van der Waals surface area contributed by atoms with Crippen LogP contribution < -0.4 is 5.32 Å². The Hall–Kier alpha value is -0.910. The Morgan fingerprint density at radius 1 is 1.29 bits per heavy atom. The van der Waals surface area contributed by atoms with E-state index in [-0.39, 0.29) is 17.6 Å². The number of cyclic esters (lactones) is 1. The second-order valence-electron chi connectivity index (χ2n) is 5.54. The molecule has 1 saturated heterocycles. The zero-order valence-corrected chi connectivity index (χ0v) is 13.8. The first-order chi connectivity index (χ1) is 10.1. The number of rotatable bonds is 11. The molecule has 21 heavy (non-hydrogen) atoms. The molecule has 1 fully saturated rings. The summed E-state index contributed by atoms with van der Waals surface area (Å²) in [7, 11) is -0.634. The molecule has 0 aromatic carbocycles. The van der Waals surface area contributed by atoms with E-state index in [0.717, 1.165) is 18.6 Å². The average molecular weight is 316 g/mol. The molecule has 2 unspecified atom stereocenters. The number of carbonyl (C=O) groups excluding carboxylic acids is 2. The van der Waals surface area contributed by atoms with Gasteiger partial charge >= 0.3 is 5.97 Å². The van der Waals surface area contributed by atoms with Gasteiger partial charge in [0.25, 0.3) is 0 Å². The molecule has 0 aromatic rings. The van der Waals surface area contributed by atoms with Crippen LogP contribution in [0.4, 0.5) is 0 Å². The fraction of sp³-hybridized carbons (Fsp3) is 0.867. The smallest absolute Gasteiger partial charge is 0.328 e. The summed E-state index contributed by atoms with van der Waals surface area (Å²) in [4.78, 5) is 23.0. The fourth-order valence-electron chi connectivity index (χ4n) is 2.33. The van der Waals surface area contributed by atoms with E-state index in [1.165, 1.54) is 32.1 Å². The molecule has 0 spiro atoms. The van der Waals surface area contributed by atoms with Crippen LogP contribution >= 0.6 is 0 Å². The van der Waals surface area contributed by atoms with E-state index < -0.39 is 16.7 Å². The third-order valence-electron chi connectivity index (χ3n) is 3.57. The molecule has 2 N–H and O–H groups in total. The van der Waals surface area contributed by atoms with Crippen molar-refractivity contribution in [2.75, 3.05) is 18.1 Å².